The first-order valence-electron chi connectivity index (χ1n) is 8.17. The fourth-order valence-electron chi connectivity index (χ4n) is 2.89. The van der Waals surface area contributed by atoms with Gasteiger partial charge in [0.25, 0.3) is 0 Å². The second kappa shape index (κ2) is 8.26. The van der Waals surface area contributed by atoms with Crippen molar-refractivity contribution in [2.45, 2.75) is 45.6 Å². The minimum absolute atomic E-state index is 0.0644. The van der Waals surface area contributed by atoms with E-state index < -0.39 is 15.3 Å². The van der Waals surface area contributed by atoms with E-state index in [0.717, 1.165) is 38.8 Å². The van der Waals surface area contributed by atoms with Crippen LogP contribution >= 0.6 is 0 Å². The number of hydrogen-bond donors (Lipinski definition) is 2. The molecule has 0 aliphatic carbocycles. The SMILES string of the molecule is CCC(CC)(CN)C(=O)NC1CCN(CCS(C)(=O)=O)CC1. The lowest BCUT2D eigenvalue weighted by molar-refractivity contribution is -0.132. The van der Waals surface area contributed by atoms with Crippen LogP contribution in [0.15, 0.2) is 0 Å². The first kappa shape index (κ1) is 19.4. The minimum Gasteiger partial charge on any atom is -0.353 e. The van der Waals surface area contributed by atoms with Crippen molar-refractivity contribution in [1.82, 2.24) is 10.2 Å². The number of sulfone groups is 1. The normalized spacial score (nSPS) is 18.4. The number of nitrogens with one attached hydrogen (secondary N) is 1. The zero-order chi connectivity index (χ0) is 16.8. The third-order valence-corrected chi connectivity index (χ3v) is 5.85. The van der Waals surface area contributed by atoms with Crippen LogP contribution in [0, 0.1) is 5.41 Å². The predicted molar refractivity (Wildman–Crippen MR) is 89.4 cm³/mol. The summed E-state index contributed by atoms with van der Waals surface area (Å²) in [5.74, 6) is 0.265. The van der Waals surface area contributed by atoms with E-state index in [1.807, 2.05) is 13.8 Å². The van der Waals surface area contributed by atoms with Crippen molar-refractivity contribution >= 4 is 15.7 Å². The van der Waals surface area contributed by atoms with Crippen molar-refractivity contribution in [3.05, 3.63) is 0 Å². The molecule has 0 aromatic heterocycles. The van der Waals surface area contributed by atoms with E-state index in [-0.39, 0.29) is 17.7 Å². The van der Waals surface area contributed by atoms with Crippen LogP contribution in [0.5, 0.6) is 0 Å². The summed E-state index contributed by atoms with van der Waals surface area (Å²) in [6.07, 6.45) is 4.49. The monoisotopic (exact) mass is 333 g/mol. The van der Waals surface area contributed by atoms with Gasteiger partial charge in [0.1, 0.15) is 9.84 Å². The van der Waals surface area contributed by atoms with E-state index >= 15 is 0 Å². The molecule has 6 nitrogen and oxygen atoms in total. The summed E-state index contributed by atoms with van der Waals surface area (Å²) in [6, 6.07) is 0.172. The molecule has 7 heteroatoms. The average molecular weight is 333 g/mol. The van der Waals surface area contributed by atoms with E-state index in [2.05, 4.69) is 10.2 Å². The van der Waals surface area contributed by atoms with E-state index in [0.29, 0.717) is 13.1 Å². The molecular weight excluding hydrogens is 302 g/mol. The number of amides is 1. The van der Waals surface area contributed by atoms with Gasteiger partial charge in [0.05, 0.1) is 11.2 Å². The molecule has 0 saturated carbocycles. The van der Waals surface area contributed by atoms with Gasteiger partial charge in [-0.2, -0.15) is 0 Å². The zero-order valence-electron chi connectivity index (χ0n) is 14.1. The van der Waals surface area contributed by atoms with Crippen LogP contribution in [-0.4, -0.2) is 63.5 Å². The van der Waals surface area contributed by atoms with Crippen molar-refractivity contribution in [2.24, 2.45) is 11.1 Å². The molecular formula is C15H31N3O3S. The molecule has 1 fully saturated rings. The van der Waals surface area contributed by atoms with Gasteiger partial charge in [0.15, 0.2) is 0 Å². The number of rotatable bonds is 8. The first-order valence-corrected chi connectivity index (χ1v) is 10.2. The Hall–Kier alpha value is -0.660. The fraction of sp³-hybridized carbons (Fsp3) is 0.933. The van der Waals surface area contributed by atoms with E-state index in [9.17, 15) is 13.2 Å². The third kappa shape index (κ3) is 5.52. The van der Waals surface area contributed by atoms with Gasteiger partial charge in [-0.1, -0.05) is 13.8 Å². The Balaban J connectivity index is 2.44. The standard InChI is InChI=1S/C15H31N3O3S/c1-4-15(5-2,12-16)14(19)17-13-6-8-18(9-7-13)10-11-22(3,20)21/h13H,4-12,16H2,1-3H3,(H,17,19). The topological polar surface area (TPSA) is 92.5 Å². The molecule has 1 aliphatic heterocycles. The number of piperidine rings is 1. The van der Waals surface area contributed by atoms with Gasteiger partial charge in [-0.15, -0.1) is 0 Å². The molecule has 0 aromatic rings. The van der Waals surface area contributed by atoms with Gasteiger partial charge in [-0.05, 0) is 25.7 Å². The molecule has 1 amide bonds. The maximum atomic E-state index is 12.5. The van der Waals surface area contributed by atoms with E-state index in [1.165, 1.54) is 6.26 Å². The molecule has 3 N–H and O–H groups in total. The number of carbonyl (C=O) groups excluding carboxylic acids is 1. The highest BCUT2D eigenvalue weighted by Crippen LogP contribution is 2.25. The molecule has 0 aromatic carbocycles. The smallest absolute Gasteiger partial charge is 0.227 e. The molecule has 1 heterocycles. The quantitative estimate of drug-likeness (QED) is 0.670. The summed E-state index contributed by atoms with van der Waals surface area (Å²) in [4.78, 5) is 14.6. The van der Waals surface area contributed by atoms with E-state index in [1.54, 1.807) is 0 Å². The van der Waals surface area contributed by atoms with Crippen molar-refractivity contribution in [3.8, 4) is 0 Å². The maximum absolute atomic E-state index is 12.5. The summed E-state index contributed by atoms with van der Waals surface area (Å²) in [5, 5.41) is 3.14. The molecule has 130 valence electrons. The number of nitrogens with two attached hydrogens (primary N) is 1. The van der Waals surface area contributed by atoms with Crippen LogP contribution in [0.3, 0.4) is 0 Å². The lowest BCUT2D eigenvalue weighted by Gasteiger charge is -2.35. The zero-order valence-corrected chi connectivity index (χ0v) is 14.9. The fourth-order valence-corrected chi connectivity index (χ4v) is 3.48. The van der Waals surface area contributed by atoms with Crippen molar-refractivity contribution in [1.29, 1.82) is 0 Å². The Bertz CT molecular complexity index is 444. The van der Waals surface area contributed by atoms with Gasteiger partial charge in [-0.25, -0.2) is 8.42 Å². The number of nitrogens with zero attached hydrogens (tertiary/aromatic N) is 1. The molecule has 1 saturated heterocycles. The van der Waals surface area contributed by atoms with Gasteiger partial charge in [0.2, 0.25) is 5.91 Å². The third-order valence-electron chi connectivity index (χ3n) is 4.93. The molecule has 0 atom stereocenters. The minimum atomic E-state index is -2.91. The van der Waals surface area contributed by atoms with Crippen LogP contribution < -0.4 is 11.1 Å². The van der Waals surface area contributed by atoms with Crippen molar-refractivity contribution < 1.29 is 13.2 Å². The Kier molecular flexibility index (Phi) is 7.28. The number of carbonyl (C=O) groups is 1. The highest BCUT2D eigenvalue weighted by molar-refractivity contribution is 7.90. The van der Waals surface area contributed by atoms with Crippen LogP contribution in [0.4, 0.5) is 0 Å². The number of hydrogen-bond acceptors (Lipinski definition) is 5. The average Bonchev–Trinajstić information content (AvgIpc) is 2.48. The molecule has 0 radical (unpaired) electrons. The van der Waals surface area contributed by atoms with Crippen molar-refractivity contribution in [2.75, 3.05) is 38.2 Å². The van der Waals surface area contributed by atoms with Gasteiger partial charge < -0.3 is 16.0 Å². The predicted octanol–water partition coefficient (Wildman–Crippen LogP) is 0.377. The molecule has 0 unspecified atom stereocenters. The second-order valence-corrected chi connectivity index (χ2v) is 8.67. The summed E-state index contributed by atoms with van der Waals surface area (Å²) < 4.78 is 22.4. The maximum Gasteiger partial charge on any atom is 0.227 e. The van der Waals surface area contributed by atoms with Crippen LogP contribution in [-0.2, 0) is 14.6 Å². The molecule has 22 heavy (non-hydrogen) atoms. The summed E-state index contributed by atoms with van der Waals surface area (Å²) >= 11 is 0. The van der Waals surface area contributed by atoms with Crippen LogP contribution in [0.2, 0.25) is 0 Å². The summed E-state index contributed by atoms with van der Waals surface area (Å²) in [7, 11) is -2.91. The lowest BCUT2D eigenvalue weighted by Crippen LogP contribution is -2.52. The lowest BCUT2D eigenvalue weighted by atomic mass is 9.81. The number of likely N-dealkylation sites (tertiary alicyclic amines) is 1. The van der Waals surface area contributed by atoms with Gasteiger partial charge in [-0.3, -0.25) is 4.79 Å². The molecule has 0 bridgehead atoms. The Morgan fingerprint density at radius 3 is 2.23 bits per heavy atom. The van der Waals surface area contributed by atoms with Gasteiger partial charge in [0, 0.05) is 38.5 Å². The molecule has 0 spiro atoms. The highest BCUT2D eigenvalue weighted by atomic mass is 32.2. The first-order chi connectivity index (χ1) is 10.3. The van der Waals surface area contributed by atoms with Crippen LogP contribution in [0.1, 0.15) is 39.5 Å². The second-order valence-electron chi connectivity index (χ2n) is 6.41. The Morgan fingerprint density at radius 2 is 1.82 bits per heavy atom. The highest BCUT2D eigenvalue weighted by Gasteiger charge is 2.35. The Morgan fingerprint density at radius 1 is 1.27 bits per heavy atom. The Labute approximate surface area is 134 Å². The van der Waals surface area contributed by atoms with Crippen molar-refractivity contribution in [3.63, 3.8) is 0 Å². The van der Waals surface area contributed by atoms with Crippen LogP contribution in [0.25, 0.3) is 0 Å². The van der Waals surface area contributed by atoms with E-state index in [4.69, 9.17) is 5.73 Å². The molecule has 1 aliphatic rings. The summed E-state index contributed by atoms with van der Waals surface area (Å²) in [5.41, 5.74) is 5.36. The van der Waals surface area contributed by atoms with Gasteiger partial charge >= 0.3 is 0 Å². The summed E-state index contributed by atoms with van der Waals surface area (Å²) in [6.45, 7) is 6.62. The largest absolute Gasteiger partial charge is 0.353 e. The molecule has 1 rings (SSSR count).